The highest BCUT2D eigenvalue weighted by molar-refractivity contribution is 7.20. The summed E-state index contributed by atoms with van der Waals surface area (Å²) in [6.07, 6.45) is 4.33. The summed E-state index contributed by atoms with van der Waals surface area (Å²) >= 11 is 1.43. The molecule has 3 fully saturated rings. The molecule has 3 aliphatic heterocycles. The SMILES string of the molecule is O=C(N[C@H]1CCN(CC(=O)N2CCN(c3ccc(-c4ncccn4)cc3)CC2)C1)c1cc2c(N3CCOCC3)n[nH]c2s1. The van der Waals surface area contributed by atoms with Crippen LogP contribution in [-0.2, 0) is 9.53 Å². The van der Waals surface area contributed by atoms with Crippen molar-refractivity contribution in [3.8, 4) is 11.4 Å². The first-order chi connectivity index (χ1) is 21.1. The number of fused-ring (bicyclic) bond motifs is 1. The normalized spacial score (nSPS) is 19.7. The van der Waals surface area contributed by atoms with E-state index in [1.807, 2.05) is 29.2 Å². The first-order valence-corrected chi connectivity index (χ1v) is 15.7. The number of thiophene rings is 1. The lowest BCUT2D eigenvalue weighted by Crippen LogP contribution is -2.51. The fraction of sp³-hybridized carbons (Fsp3) is 0.433. The molecular weight excluding hydrogens is 566 g/mol. The van der Waals surface area contributed by atoms with E-state index in [2.05, 4.69) is 52.3 Å². The van der Waals surface area contributed by atoms with Crippen LogP contribution >= 0.6 is 11.3 Å². The first-order valence-electron chi connectivity index (χ1n) is 14.8. The fourth-order valence-corrected chi connectivity index (χ4v) is 6.96. The van der Waals surface area contributed by atoms with Gasteiger partial charge in [-0.1, -0.05) is 0 Å². The summed E-state index contributed by atoms with van der Waals surface area (Å²) in [6.45, 7) is 7.80. The average Bonchev–Trinajstić information content (AvgIpc) is 3.79. The Labute approximate surface area is 253 Å². The summed E-state index contributed by atoms with van der Waals surface area (Å²) in [7, 11) is 0. The van der Waals surface area contributed by atoms with Crippen molar-refractivity contribution >= 4 is 44.9 Å². The van der Waals surface area contributed by atoms with Gasteiger partial charge in [0.2, 0.25) is 5.91 Å². The van der Waals surface area contributed by atoms with Crippen LogP contribution in [0.1, 0.15) is 16.1 Å². The molecule has 0 unspecified atom stereocenters. The Hall–Kier alpha value is -4.07. The van der Waals surface area contributed by atoms with Crippen LogP contribution in [0, 0.1) is 0 Å². The van der Waals surface area contributed by atoms with Crippen molar-refractivity contribution in [2.75, 3.05) is 81.9 Å². The Balaban J connectivity index is 0.874. The van der Waals surface area contributed by atoms with E-state index >= 15 is 0 Å². The number of nitrogens with zero attached hydrogens (tertiary/aromatic N) is 7. The molecule has 3 saturated heterocycles. The van der Waals surface area contributed by atoms with Crippen molar-refractivity contribution < 1.29 is 14.3 Å². The predicted octanol–water partition coefficient (Wildman–Crippen LogP) is 2.07. The van der Waals surface area contributed by atoms with Gasteiger partial charge in [-0.3, -0.25) is 19.6 Å². The van der Waals surface area contributed by atoms with Gasteiger partial charge in [0.05, 0.1) is 30.0 Å². The van der Waals surface area contributed by atoms with Gasteiger partial charge in [0.15, 0.2) is 11.6 Å². The number of benzene rings is 1. The monoisotopic (exact) mass is 601 g/mol. The Morgan fingerprint density at radius 2 is 1.74 bits per heavy atom. The molecule has 0 aliphatic carbocycles. The standard InChI is InChI=1S/C30H35N9O3S/c40-26(38-12-10-37(11-13-38)23-4-2-21(3-5-23)27-31-7-1-8-32-27)20-36-9-6-22(19-36)33-29(41)25-18-24-28(34-35-30(24)43-25)39-14-16-42-17-15-39/h1-5,7-8,18,22H,6,9-17,19-20H2,(H,33,41)(H,34,35)/t22-/m0/s1. The smallest absolute Gasteiger partial charge is 0.261 e. The second-order valence-corrected chi connectivity index (χ2v) is 12.2. The number of carbonyl (C=O) groups excluding carboxylic acids is 2. The maximum absolute atomic E-state index is 13.1. The molecule has 1 aromatic carbocycles. The second kappa shape index (κ2) is 12.3. The zero-order valence-corrected chi connectivity index (χ0v) is 24.8. The number of carbonyl (C=O) groups is 2. The fourth-order valence-electron chi connectivity index (χ4n) is 6.06. The minimum absolute atomic E-state index is 0.0266. The highest BCUT2D eigenvalue weighted by Crippen LogP contribution is 2.32. The molecule has 0 spiro atoms. The molecular formula is C30H35N9O3S. The van der Waals surface area contributed by atoms with E-state index in [1.165, 1.54) is 11.3 Å². The number of piperazine rings is 1. The number of aromatic amines is 1. The van der Waals surface area contributed by atoms with Crippen LogP contribution in [0.15, 0.2) is 48.8 Å². The van der Waals surface area contributed by atoms with Gasteiger partial charge in [0.1, 0.15) is 4.83 Å². The third kappa shape index (κ3) is 6.05. The number of likely N-dealkylation sites (tertiary alicyclic amines) is 1. The van der Waals surface area contributed by atoms with E-state index < -0.39 is 0 Å². The number of H-pyrrole nitrogens is 1. The van der Waals surface area contributed by atoms with Crippen LogP contribution in [0.5, 0.6) is 0 Å². The number of morpholine rings is 1. The molecule has 3 aliphatic rings. The summed E-state index contributed by atoms with van der Waals surface area (Å²) in [5, 5.41) is 11.7. The topological polar surface area (TPSA) is 123 Å². The van der Waals surface area contributed by atoms with E-state index in [4.69, 9.17) is 4.74 Å². The zero-order valence-electron chi connectivity index (χ0n) is 23.9. The van der Waals surface area contributed by atoms with E-state index in [0.717, 1.165) is 66.4 Å². The summed E-state index contributed by atoms with van der Waals surface area (Å²) in [5.41, 5.74) is 2.13. The van der Waals surface area contributed by atoms with Gasteiger partial charge in [0.25, 0.3) is 5.91 Å². The number of ether oxygens (including phenoxy) is 1. The molecule has 1 atom stereocenters. The van der Waals surface area contributed by atoms with Crippen molar-refractivity contribution in [2.45, 2.75) is 12.5 Å². The molecule has 6 heterocycles. The van der Waals surface area contributed by atoms with Crippen LogP contribution in [0.4, 0.5) is 11.5 Å². The Kier molecular flexibility index (Phi) is 7.92. The first kappa shape index (κ1) is 27.7. The molecule has 7 rings (SSSR count). The summed E-state index contributed by atoms with van der Waals surface area (Å²) < 4.78 is 5.46. The molecule has 0 saturated carbocycles. The molecule has 224 valence electrons. The third-order valence-electron chi connectivity index (χ3n) is 8.43. The largest absolute Gasteiger partial charge is 0.378 e. The zero-order chi connectivity index (χ0) is 29.2. The van der Waals surface area contributed by atoms with Gasteiger partial charge >= 0.3 is 0 Å². The third-order valence-corrected chi connectivity index (χ3v) is 9.46. The van der Waals surface area contributed by atoms with Crippen LogP contribution in [-0.4, -0.2) is 120 Å². The van der Waals surface area contributed by atoms with Crippen LogP contribution < -0.4 is 15.1 Å². The molecule has 13 heteroatoms. The predicted molar refractivity (Wildman–Crippen MR) is 166 cm³/mol. The van der Waals surface area contributed by atoms with Crippen molar-refractivity contribution in [1.29, 1.82) is 0 Å². The second-order valence-electron chi connectivity index (χ2n) is 11.2. The number of anilines is 2. The lowest BCUT2D eigenvalue weighted by Gasteiger charge is -2.36. The number of rotatable bonds is 7. The van der Waals surface area contributed by atoms with Crippen LogP contribution in [0.25, 0.3) is 21.6 Å². The van der Waals surface area contributed by atoms with Gasteiger partial charge in [0, 0.05) is 82.0 Å². The van der Waals surface area contributed by atoms with Crippen LogP contribution in [0.3, 0.4) is 0 Å². The van der Waals surface area contributed by atoms with Crippen molar-refractivity contribution in [2.24, 2.45) is 0 Å². The highest BCUT2D eigenvalue weighted by Gasteiger charge is 2.29. The molecule has 12 nitrogen and oxygen atoms in total. The Morgan fingerprint density at radius 1 is 0.977 bits per heavy atom. The van der Waals surface area contributed by atoms with Crippen molar-refractivity contribution in [3.05, 3.63) is 53.7 Å². The van der Waals surface area contributed by atoms with Gasteiger partial charge in [-0.05, 0) is 42.8 Å². The lowest BCUT2D eigenvalue weighted by molar-refractivity contribution is -0.132. The molecule has 3 aromatic heterocycles. The number of amides is 2. The van der Waals surface area contributed by atoms with Crippen molar-refractivity contribution in [1.82, 2.24) is 35.3 Å². The van der Waals surface area contributed by atoms with Gasteiger partial charge in [-0.15, -0.1) is 11.3 Å². The summed E-state index contributed by atoms with van der Waals surface area (Å²) in [5.74, 6) is 1.68. The van der Waals surface area contributed by atoms with E-state index in [1.54, 1.807) is 12.4 Å². The molecule has 0 radical (unpaired) electrons. The number of nitrogens with one attached hydrogen (secondary N) is 2. The van der Waals surface area contributed by atoms with Gasteiger partial charge in [-0.25, -0.2) is 9.97 Å². The van der Waals surface area contributed by atoms with Crippen LogP contribution in [0.2, 0.25) is 0 Å². The van der Waals surface area contributed by atoms with E-state index in [0.29, 0.717) is 50.1 Å². The Bertz CT molecular complexity index is 1560. The molecule has 0 bridgehead atoms. The lowest BCUT2D eigenvalue weighted by atomic mass is 10.1. The highest BCUT2D eigenvalue weighted by atomic mass is 32.1. The summed E-state index contributed by atoms with van der Waals surface area (Å²) in [4.78, 5) is 45.1. The molecule has 43 heavy (non-hydrogen) atoms. The minimum Gasteiger partial charge on any atom is -0.378 e. The van der Waals surface area contributed by atoms with Gasteiger partial charge in [-0.2, -0.15) is 5.10 Å². The molecule has 2 amide bonds. The quantitative estimate of drug-likeness (QED) is 0.328. The molecule has 2 N–H and O–H groups in total. The number of aromatic nitrogens is 4. The van der Waals surface area contributed by atoms with Crippen molar-refractivity contribution in [3.63, 3.8) is 0 Å². The maximum atomic E-state index is 13.1. The van der Waals surface area contributed by atoms with E-state index in [9.17, 15) is 9.59 Å². The molecule has 4 aromatic rings. The maximum Gasteiger partial charge on any atom is 0.261 e. The number of hydrogen-bond acceptors (Lipinski definition) is 10. The average molecular weight is 602 g/mol. The van der Waals surface area contributed by atoms with E-state index in [-0.39, 0.29) is 17.9 Å². The minimum atomic E-state index is -0.0684. The Morgan fingerprint density at radius 3 is 2.51 bits per heavy atom. The summed E-state index contributed by atoms with van der Waals surface area (Å²) in [6, 6.07) is 12.1. The van der Waals surface area contributed by atoms with Gasteiger partial charge < -0.3 is 24.8 Å². The number of hydrogen-bond donors (Lipinski definition) is 2.